The van der Waals surface area contributed by atoms with Crippen molar-refractivity contribution in [1.82, 2.24) is 0 Å². The van der Waals surface area contributed by atoms with Crippen LogP contribution < -0.4 is 0 Å². The first-order chi connectivity index (χ1) is 6.43. The molecule has 76 valence electrons. The van der Waals surface area contributed by atoms with E-state index in [-0.39, 0.29) is 11.3 Å². The van der Waals surface area contributed by atoms with Crippen LogP contribution in [0.2, 0.25) is 5.02 Å². The van der Waals surface area contributed by atoms with Gasteiger partial charge in [-0.1, -0.05) is 27.5 Å². The van der Waals surface area contributed by atoms with Gasteiger partial charge in [0.25, 0.3) is 0 Å². The Morgan fingerprint density at radius 3 is 2.64 bits per heavy atom. The molecule has 0 aliphatic rings. The molecule has 5 heteroatoms. The van der Waals surface area contributed by atoms with Crippen LogP contribution in [-0.2, 0) is 0 Å². The SMILES string of the molecule is CC(Br)C(=O)c1cc(Cl)c(Br)cc1F. The number of Topliss-reactive ketones (excluding diaryl/α,β-unsaturated/α-hetero) is 1. The number of carbonyl (C=O) groups is 1. The number of alkyl halides is 1. The van der Waals surface area contributed by atoms with Crippen molar-refractivity contribution in [3.63, 3.8) is 0 Å². The Morgan fingerprint density at radius 1 is 1.57 bits per heavy atom. The maximum Gasteiger partial charge on any atom is 0.179 e. The average molecular weight is 344 g/mol. The van der Waals surface area contributed by atoms with Crippen molar-refractivity contribution in [1.29, 1.82) is 0 Å². The molecule has 0 aromatic heterocycles. The number of halogens is 4. The third-order valence-electron chi connectivity index (χ3n) is 1.64. The molecule has 0 aliphatic heterocycles. The zero-order chi connectivity index (χ0) is 10.9. The average Bonchev–Trinajstić information content (AvgIpc) is 2.10. The Labute approximate surface area is 103 Å². The minimum atomic E-state index is -0.572. The molecule has 1 rings (SSSR count). The number of carbonyl (C=O) groups excluding carboxylic acids is 1. The zero-order valence-electron chi connectivity index (χ0n) is 7.15. The third kappa shape index (κ3) is 2.55. The van der Waals surface area contributed by atoms with Crippen LogP contribution in [0.5, 0.6) is 0 Å². The van der Waals surface area contributed by atoms with E-state index in [0.717, 1.165) is 0 Å². The molecule has 1 nitrogen and oxygen atoms in total. The number of hydrogen-bond donors (Lipinski definition) is 0. The summed E-state index contributed by atoms with van der Waals surface area (Å²) in [5.41, 5.74) is 0.00238. The summed E-state index contributed by atoms with van der Waals surface area (Å²) in [6.45, 7) is 1.64. The number of benzene rings is 1. The van der Waals surface area contributed by atoms with Gasteiger partial charge in [0.2, 0.25) is 0 Å². The highest BCUT2D eigenvalue weighted by molar-refractivity contribution is 9.10. The molecule has 1 aromatic rings. The lowest BCUT2D eigenvalue weighted by Gasteiger charge is -2.05. The first kappa shape index (κ1) is 12.1. The molecule has 0 heterocycles. The Bertz CT molecular complexity index is 379. The molecule has 0 N–H and O–H groups in total. The predicted molar refractivity (Wildman–Crippen MR) is 61.8 cm³/mol. The van der Waals surface area contributed by atoms with Gasteiger partial charge in [0, 0.05) is 4.47 Å². The van der Waals surface area contributed by atoms with Gasteiger partial charge in [-0.25, -0.2) is 4.39 Å². The molecular weight excluding hydrogens is 338 g/mol. The fourth-order valence-corrected chi connectivity index (χ4v) is 1.65. The maximum absolute atomic E-state index is 13.3. The lowest BCUT2D eigenvalue weighted by atomic mass is 10.1. The van der Waals surface area contributed by atoms with Crippen molar-refractivity contribution in [2.24, 2.45) is 0 Å². The second-order valence-corrected chi connectivity index (χ2v) is 5.36. The molecule has 1 atom stereocenters. The van der Waals surface area contributed by atoms with Gasteiger partial charge in [-0.3, -0.25) is 4.79 Å². The summed E-state index contributed by atoms with van der Waals surface area (Å²) >= 11 is 11.9. The molecule has 0 amide bonds. The third-order valence-corrected chi connectivity index (χ3v) is 3.25. The van der Waals surface area contributed by atoms with Crippen LogP contribution in [0, 0.1) is 5.82 Å². The second-order valence-electron chi connectivity index (χ2n) is 2.73. The quantitative estimate of drug-likeness (QED) is 0.446. The molecule has 1 unspecified atom stereocenters. The van der Waals surface area contributed by atoms with Crippen LogP contribution in [0.4, 0.5) is 4.39 Å². The van der Waals surface area contributed by atoms with E-state index >= 15 is 0 Å². The van der Waals surface area contributed by atoms with Gasteiger partial charge in [-0.05, 0) is 35.0 Å². The molecule has 0 bridgehead atoms. The Hall–Kier alpha value is 0.0700. The molecule has 1 aromatic carbocycles. The molecule has 0 aliphatic carbocycles. The highest BCUT2D eigenvalue weighted by Crippen LogP contribution is 2.26. The fraction of sp³-hybridized carbons (Fsp3) is 0.222. The smallest absolute Gasteiger partial charge is 0.179 e. The number of ketones is 1. The molecule has 0 fully saturated rings. The molecule has 0 radical (unpaired) electrons. The highest BCUT2D eigenvalue weighted by atomic mass is 79.9. The highest BCUT2D eigenvalue weighted by Gasteiger charge is 2.17. The van der Waals surface area contributed by atoms with E-state index in [1.165, 1.54) is 12.1 Å². The van der Waals surface area contributed by atoms with Crippen molar-refractivity contribution in [2.45, 2.75) is 11.8 Å². The van der Waals surface area contributed by atoms with Gasteiger partial charge in [0.15, 0.2) is 5.78 Å². The van der Waals surface area contributed by atoms with Crippen molar-refractivity contribution < 1.29 is 9.18 Å². The van der Waals surface area contributed by atoms with E-state index in [1.54, 1.807) is 6.92 Å². The van der Waals surface area contributed by atoms with Crippen LogP contribution in [0.3, 0.4) is 0 Å². The summed E-state index contributed by atoms with van der Waals surface area (Å²) in [6.07, 6.45) is 0. The van der Waals surface area contributed by atoms with Gasteiger partial charge >= 0.3 is 0 Å². The summed E-state index contributed by atoms with van der Waals surface area (Å²) in [6, 6.07) is 2.51. The lowest BCUT2D eigenvalue weighted by molar-refractivity contribution is 0.0992. The Morgan fingerprint density at radius 2 is 2.14 bits per heavy atom. The summed E-state index contributed by atoms with van der Waals surface area (Å²) in [4.78, 5) is 11.0. The van der Waals surface area contributed by atoms with Gasteiger partial charge in [-0.15, -0.1) is 0 Å². The van der Waals surface area contributed by atoms with Crippen LogP contribution >= 0.6 is 43.5 Å². The molecule has 0 spiro atoms. The largest absolute Gasteiger partial charge is 0.293 e. The van der Waals surface area contributed by atoms with E-state index in [2.05, 4.69) is 31.9 Å². The minimum Gasteiger partial charge on any atom is -0.293 e. The van der Waals surface area contributed by atoms with Gasteiger partial charge < -0.3 is 0 Å². The van der Waals surface area contributed by atoms with Gasteiger partial charge in [0.05, 0.1) is 15.4 Å². The van der Waals surface area contributed by atoms with E-state index < -0.39 is 10.6 Å². The Balaban J connectivity index is 3.22. The minimum absolute atomic E-state index is 0.00238. The molecule has 0 saturated heterocycles. The van der Waals surface area contributed by atoms with Crippen molar-refractivity contribution in [3.05, 3.63) is 33.0 Å². The maximum atomic E-state index is 13.3. The Kier molecular flexibility index (Phi) is 4.10. The normalized spacial score (nSPS) is 12.6. The van der Waals surface area contributed by atoms with Crippen molar-refractivity contribution >= 4 is 49.2 Å². The molecule has 14 heavy (non-hydrogen) atoms. The first-order valence-corrected chi connectivity index (χ1v) is 5.85. The standard InChI is InChI=1S/C9H6Br2ClFO/c1-4(10)9(14)5-2-7(12)6(11)3-8(5)13/h2-4H,1H3. The van der Waals surface area contributed by atoms with Crippen molar-refractivity contribution in [2.75, 3.05) is 0 Å². The number of rotatable bonds is 2. The fourth-order valence-electron chi connectivity index (χ4n) is 0.926. The summed E-state index contributed by atoms with van der Waals surface area (Å²) in [7, 11) is 0. The molecule has 0 saturated carbocycles. The number of hydrogen-bond acceptors (Lipinski definition) is 1. The molecular formula is C9H6Br2ClFO. The van der Waals surface area contributed by atoms with Crippen molar-refractivity contribution in [3.8, 4) is 0 Å². The van der Waals surface area contributed by atoms with Gasteiger partial charge in [-0.2, -0.15) is 0 Å². The first-order valence-electron chi connectivity index (χ1n) is 3.76. The van der Waals surface area contributed by atoms with Crippen LogP contribution in [0.25, 0.3) is 0 Å². The van der Waals surface area contributed by atoms with E-state index in [9.17, 15) is 9.18 Å². The van der Waals surface area contributed by atoms with E-state index in [1.807, 2.05) is 0 Å². The topological polar surface area (TPSA) is 17.1 Å². The predicted octanol–water partition coefficient (Wildman–Crippen LogP) is 4.21. The van der Waals surface area contributed by atoms with E-state index in [0.29, 0.717) is 9.50 Å². The van der Waals surface area contributed by atoms with Gasteiger partial charge in [0.1, 0.15) is 5.82 Å². The lowest BCUT2D eigenvalue weighted by Crippen LogP contribution is -2.12. The summed E-state index contributed by atoms with van der Waals surface area (Å²) < 4.78 is 13.8. The summed E-state index contributed by atoms with van der Waals surface area (Å²) in [5.74, 6) is -0.894. The summed E-state index contributed by atoms with van der Waals surface area (Å²) in [5, 5.41) is 0.322. The monoisotopic (exact) mass is 342 g/mol. The zero-order valence-corrected chi connectivity index (χ0v) is 11.1. The van der Waals surface area contributed by atoms with Crippen LogP contribution in [0.1, 0.15) is 17.3 Å². The second kappa shape index (κ2) is 4.73. The van der Waals surface area contributed by atoms with E-state index in [4.69, 9.17) is 11.6 Å². The van der Waals surface area contributed by atoms with Crippen LogP contribution in [-0.4, -0.2) is 10.6 Å². The van der Waals surface area contributed by atoms with Crippen LogP contribution in [0.15, 0.2) is 16.6 Å².